The molecule has 0 unspecified atom stereocenters. The number of alkyl carbamates (subject to hydrolysis) is 1. The number of benzodiazepines with no additional fused rings is 1. The number of fused-ring (bicyclic) bond motifs is 1. The molecule has 40 heavy (non-hydrogen) atoms. The number of nitrogens with zero attached hydrogens (tertiary/aromatic N) is 2. The Morgan fingerprint density at radius 1 is 1.07 bits per heavy atom. The Hall–Kier alpha value is -3.92. The second kappa shape index (κ2) is 13.4. The summed E-state index contributed by atoms with van der Waals surface area (Å²) in [6.07, 6.45) is 0.777. The van der Waals surface area contributed by atoms with Crippen LogP contribution in [0.4, 0.5) is 10.5 Å². The minimum Gasteiger partial charge on any atom is -0.497 e. The number of methoxy groups -OCH3 is 1. The molecular weight excluding hydrogens is 532 g/mol. The van der Waals surface area contributed by atoms with E-state index in [9.17, 15) is 9.59 Å². The molecule has 11 heteroatoms. The number of ether oxygens (including phenoxy) is 2. The number of aliphatic imine (C=N–C) groups is 1. The van der Waals surface area contributed by atoms with E-state index in [-0.39, 0.29) is 24.0 Å². The summed E-state index contributed by atoms with van der Waals surface area (Å²) in [4.78, 5) is 31.1. The Kier molecular flexibility index (Phi) is 10.3. The van der Waals surface area contributed by atoms with Gasteiger partial charge in [-0.2, -0.15) is 0 Å². The van der Waals surface area contributed by atoms with Gasteiger partial charge in [-0.3, -0.25) is 25.5 Å². The number of amides is 2. The van der Waals surface area contributed by atoms with Gasteiger partial charge in [0.05, 0.1) is 24.9 Å². The van der Waals surface area contributed by atoms with Crippen LogP contribution in [0.5, 0.6) is 5.75 Å². The predicted molar refractivity (Wildman–Crippen MR) is 159 cm³/mol. The van der Waals surface area contributed by atoms with E-state index in [1.54, 1.807) is 59.1 Å². The Morgan fingerprint density at radius 3 is 2.33 bits per heavy atom. The van der Waals surface area contributed by atoms with Crippen LogP contribution in [0.1, 0.15) is 58.1 Å². The van der Waals surface area contributed by atoms with Crippen molar-refractivity contribution in [2.24, 2.45) is 4.99 Å². The zero-order valence-electron chi connectivity index (χ0n) is 23.6. The number of carbonyl (C=O) groups excluding carboxylic acids is 2. The molecule has 0 spiro atoms. The van der Waals surface area contributed by atoms with E-state index in [0.29, 0.717) is 53.7 Å². The van der Waals surface area contributed by atoms with E-state index in [0.717, 1.165) is 5.56 Å². The number of anilines is 1. The van der Waals surface area contributed by atoms with Crippen LogP contribution in [0.2, 0.25) is 5.02 Å². The second-order valence-corrected chi connectivity index (χ2v) is 10.8. The zero-order chi connectivity index (χ0) is 29.4. The van der Waals surface area contributed by atoms with Crippen LogP contribution in [-0.2, 0) is 9.53 Å². The molecule has 0 saturated heterocycles. The third kappa shape index (κ3) is 8.29. The molecule has 10 nitrogen and oxygen atoms in total. The van der Waals surface area contributed by atoms with Crippen LogP contribution in [0.25, 0.3) is 0 Å². The predicted octanol–water partition coefficient (Wildman–Crippen LogP) is 5.16. The van der Waals surface area contributed by atoms with Crippen LogP contribution in [0.3, 0.4) is 0 Å². The van der Waals surface area contributed by atoms with Gasteiger partial charge in [0.2, 0.25) is 5.91 Å². The summed E-state index contributed by atoms with van der Waals surface area (Å²) in [7, 11) is 1.57. The molecule has 2 aromatic carbocycles. The van der Waals surface area contributed by atoms with Crippen molar-refractivity contribution in [2.75, 3.05) is 25.1 Å². The molecule has 0 saturated carbocycles. The number of benzene rings is 2. The van der Waals surface area contributed by atoms with Crippen molar-refractivity contribution in [3.63, 3.8) is 0 Å². The standard InChI is InChI=1S/C29H37ClN6O4/c1-18(31)36-24-13-12-21(39-5)16-22(24)26(19-8-10-20(30)11-9-19)35-23(27(36)32)17-25(37)33-14-6-7-15-34-28(38)40-29(2,3)4/h8-13,16,23,31-32H,6-7,14-15,17H2,1-5H3,(H,33,37)(H,34,38)/t23-/m0/s1. The van der Waals surface area contributed by atoms with Crippen molar-refractivity contribution in [2.45, 2.75) is 58.6 Å². The summed E-state index contributed by atoms with van der Waals surface area (Å²) in [6, 6.07) is 11.7. The quantitative estimate of drug-likeness (QED) is 0.188. The molecule has 2 aromatic rings. The van der Waals surface area contributed by atoms with E-state index in [4.69, 9.17) is 36.9 Å². The van der Waals surface area contributed by atoms with Gasteiger partial charge in [0.25, 0.3) is 0 Å². The fraction of sp³-hybridized carbons (Fsp3) is 0.414. The first-order chi connectivity index (χ1) is 18.9. The van der Waals surface area contributed by atoms with Gasteiger partial charge in [-0.05, 0) is 70.9 Å². The van der Waals surface area contributed by atoms with Gasteiger partial charge in [0.15, 0.2) is 0 Å². The summed E-state index contributed by atoms with van der Waals surface area (Å²) >= 11 is 6.13. The lowest BCUT2D eigenvalue weighted by molar-refractivity contribution is -0.121. The molecule has 214 valence electrons. The maximum absolute atomic E-state index is 12.9. The molecule has 0 aliphatic carbocycles. The van der Waals surface area contributed by atoms with Crippen molar-refractivity contribution < 1.29 is 19.1 Å². The molecule has 0 fully saturated rings. The van der Waals surface area contributed by atoms with Crippen molar-refractivity contribution in [1.82, 2.24) is 10.6 Å². The summed E-state index contributed by atoms with van der Waals surface area (Å²) in [5, 5.41) is 23.5. The zero-order valence-corrected chi connectivity index (χ0v) is 24.3. The first kappa shape index (κ1) is 30.6. The van der Waals surface area contributed by atoms with Crippen LogP contribution >= 0.6 is 11.6 Å². The summed E-state index contributed by atoms with van der Waals surface area (Å²) in [5.74, 6) is 0.499. The molecule has 0 bridgehead atoms. The van der Waals surface area contributed by atoms with Crippen molar-refractivity contribution >= 4 is 46.7 Å². The number of hydrogen-bond acceptors (Lipinski definition) is 7. The van der Waals surface area contributed by atoms with Crippen molar-refractivity contribution in [1.29, 1.82) is 10.8 Å². The average molecular weight is 569 g/mol. The van der Waals surface area contributed by atoms with E-state index in [1.807, 2.05) is 18.2 Å². The third-order valence-corrected chi connectivity index (χ3v) is 6.22. The fourth-order valence-corrected chi connectivity index (χ4v) is 4.29. The van der Waals surface area contributed by atoms with Gasteiger partial charge in [-0.1, -0.05) is 23.7 Å². The number of nitrogens with one attached hydrogen (secondary N) is 4. The van der Waals surface area contributed by atoms with Crippen LogP contribution in [-0.4, -0.2) is 61.2 Å². The van der Waals surface area contributed by atoms with E-state index in [1.165, 1.54) is 4.90 Å². The van der Waals surface area contributed by atoms with Crippen LogP contribution in [0.15, 0.2) is 47.5 Å². The minimum absolute atomic E-state index is 0.0274. The van der Waals surface area contributed by atoms with E-state index in [2.05, 4.69) is 10.6 Å². The molecule has 2 amide bonds. The van der Waals surface area contributed by atoms with Crippen molar-refractivity contribution in [3.05, 3.63) is 58.6 Å². The molecular formula is C29H37ClN6O4. The van der Waals surface area contributed by atoms with Crippen LogP contribution < -0.4 is 20.3 Å². The number of unbranched alkanes of at least 4 members (excludes halogenated alkanes) is 1. The fourth-order valence-electron chi connectivity index (χ4n) is 4.16. The summed E-state index contributed by atoms with van der Waals surface area (Å²) < 4.78 is 10.7. The number of amidine groups is 2. The lowest BCUT2D eigenvalue weighted by Gasteiger charge is -2.26. The maximum atomic E-state index is 12.9. The Labute approximate surface area is 240 Å². The molecule has 1 aliphatic heterocycles. The molecule has 1 atom stereocenters. The summed E-state index contributed by atoms with van der Waals surface area (Å²) in [6.45, 7) is 7.85. The highest BCUT2D eigenvalue weighted by molar-refractivity contribution is 6.31. The minimum atomic E-state index is -0.835. The van der Waals surface area contributed by atoms with Gasteiger partial charge >= 0.3 is 6.09 Å². The van der Waals surface area contributed by atoms with Gasteiger partial charge in [0, 0.05) is 29.2 Å². The number of carbonyl (C=O) groups is 2. The Morgan fingerprint density at radius 2 is 1.73 bits per heavy atom. The second-order valence-electron chi connectivity index (χ2n) is 10.4. The van der Waals surface area contributed by atoms with Crippen LogP contribution in [0, 0.1) is 10.8 Å². The smallest absolute Gasteiger partial charge is 0.407 e. The highest BCUT2D eigenvalue weighted by Crippen LogP contribution is 2.33. The number of rotatable bonds is 9. The van der Waals surface area contributed by atoms with E-state index >= 15 is 0 Å². The summed E-state index contributed by atoms with van der Waals surface area (Å²) in [5.41, 5.74) is 2.06. The largest absolute Gasteiger partial charge is 0.497 e. The van der Waals surface area contributed by atoms with Gasteiger partial charge in [-0.15, -0.1) is 0 Å². The highest BCUT2D eigenvalue weighted by atomic mass is 35.5. The first-order valence-electron chi connectivity index (χ1n) is 13.1. The third-order valence-electron chi connectivity index (χ3n) is 5.97. The SMILES string of the molecule is COc1ccc2c(c1)C(c1ccc(Cl)cc1)=N[C@@H](CC(=O)NCCCCNC(=O)OC(C)(C)C)C(=N)N2C(C)=N. The molecule has 1 heterocycles. The molecule has 0 radical (unpaired) electrons. The lowest BCUT2D eigenvalue weighted by Crippen LogP contribution is -2.42. The maximum Gasteiger partial charge on any atom is 0.407 e. The number of halogens is 1. The topological polar surface area (TPSA) is 140 Å². The Bertz CT molecular complexity index is 1290. The number of hydrogen-bond donors (Lipinski definition) is 4. The molecule has 3 rings (SSSR count). The van der Waals surface area contributed by atoms with Gasteiger partial charge in [0.1, 0.15) is 29.1 Å². The average Bonchev–Trinajstić information content (AvgIpc) is 2.99. The normalized spacial score (nSPS) is 14.9. The van der Waals surface area contributed by atoms with E-state index < -0.39 is 17.7 Å². The van der Waals surface area contributed by atoms with Gasteiger partial charge in [-0.25, -0.2) is 4.79 Å². The first-order valence-corrected chi connectivity index (χ1v) is 13.5. The molecule has 1 aliphatic rings. The van der Waals surface area contributed by atoms with Crippen molar-refractivity contribution in [3.8, 4) is 5.75 Å². The van der Waals surface area contributed by atoms with Gasteiger partial charge < -0.3 is 20.1 Å². The molecule has 4 N–H and O–H groups in total. The monoisotopic (exact) mass is 568 g/mol. The highest BCUT2D eigenvalue weighted by Gasteiger charge is 2.32. The lowest BCUT2D eigenvalue weighted by atomic mass is 9.99. The Balaban J connectivity index is 1.75. The molecule has 0 aromatic heterocycles.